The molecular weight excluding hydrogens is 392 g/mol. The molecule has 1 N–H and O–H groups in total. The van der Waals surface area contributed by atoms with Crippen LogP contribution in [0.25, 0.3) is 27.0 Å². The van der Waals surface area contributed by atoms with E-state index in [2.05, 4.69) is 4.98 Å². The minimum Gasteiger partial charge on any atom is -0.481 e. The number of aryl methyl sites for hydroxylation is 1. The van der Waals surface area contributed by atoms with Gasteiger partial charge in [0.1, 0.15) is 4.83 Å². The van der Waals surface area contributed by atoms with Crippen molar-refractivity contribution in [1.29, 1.82) is 0 Å². The number of nitrogens with zero attached hydrogens (tertiary/aromatic N) is 2. The van der Waals surface area contributed by atoms with E-state index in [1.54, 1.807) is 0 Å². The molecule has 0 aliphatic heterocycles. The molecule has 5 nitrogen and oxygen atoms in total. The summed E-state index contributed by atoms with van der Waals surface area (Å²) in [5.41, 5.74) is 3.42. The lowest BCUT2D eigenvalue weighted by Crippen LogP contribution is -2.22. The summed E-state index contributed by atoms with van der Waals surface area (Å²) in [4.78, 5) is 29.8. The minimum absolute atomic E-state index is 0.166. The number of hydrogen-bond donors (Lipinski definition) is 1. The molecule has 4 aromatic rings. The molecule has 2 aromatic carbocycles. The molecule has 7 heteroatoms. The molecule has 0 unspecified atom stereocenters. The first-order valence-electron chi connectivity index (χ1n) is 8.56. The van der Waals surface area contributed by atoms with Gasteiger partial charge < -0.3 is 5.11 Å². The molecule has 0 bridgehead atoms. The zero-order valence-corrected chi connectivity index (χ0v) is 16.6. The maximum atomic E-state index is 13.5. The Morgan fingerprint density at radius 1 is 1.14 bits per heavy atom. The van der Waals surface area contributed by atoms with Gasteiger partial charge in [-0.3, -0.25) is 14.2 Å². The second-order valence-corrected chi connectivity index (χ2v) is 8.05. The predicted molar refractivity (Wildman–Crippen MR) is 114 cm³/mol. The van der Waals surface area contributed by atoms with E-state index in [9.17, 15) is 9.59 Å². The van der Waals surface area contributed by atoms with Crippen LogP contribution in [0.1, 0.15) is 5.56 Å². The number of fused-ring (bicyclic) bond motifs is 1. The van der Waals surface area contributed by atoms with Gasteiger partial charge in [-0.25, -0.2) is 4.98 Å². The summed E-state index contributed by atoms with van der Waals surface area (Å²) < 4.78 is 1.50. The fourth-order valence-electron chi connectivity index (χ4n) is 2.95. The van der Waals surface area contributed by atoms with Gasteiger partial charge >= 0.3 is 5.97 Å². The van der Waals surface area contributed by atoms with Crippen molar-refractivity contribution < 1.29 is 9.90 Å². The van der Waals surface area contributed by atoms with Crippen LogP contribution in [0.4, 0.5) is 0 Å². The lowest BCUT2D eigenvalue weighted by atomic mass is 10.1. The highest BCUT2D eigenvalue weighted by molar-refractivity contribution is 7.99. The summed E-state index contributed by atoms with van der Waals surface area (Å²) in [6, 6.07) is 17.2. The molecule has 0 amide bonds. The second-order valence-electron chi connectivity index (χ2n) is 6.25. The van der Waals surface area contributed by atoms with E-state index in [-0.39, 0.29) is 11.3 Å². The lowest BCUT2D eigenvalue weighted by Gasteiger charge is -2.12. The first kappa shape index (κ1) is 18.5. The van der Waals surface area contributed by atoms with Crippen LogP contribution >= 0.6 is 23.1 Å². The molecule has 0 aliphatic carbocycles. The highest BCUT2D eigenvalue weighted by Crippen LogP contribution is 2.33. The third-order valence-electron chi connectivity index (χ3n) is 4.28. The lowest BCUT2D eigenvalue weighted by molar-refractivity contribution is -0.133. The molecule has 28 heavy (non-hydrogen) atoms. The molecule has 0 fully saturated rings. The Kier molecular flexibility index (Phi) is 5.02. The van der Waals surface area contributed by atoms with Gasteiger partial charge in [0.15, 0.2) is 5.16 Å². The first-order valence-corrected chi connectivity index (χ1v) is 10.4. The van der Waals surface area contributed by atoms with Crippen molar-refractivity contribution in [2.75, 3.05) is 5.75 Å². The number of aliphatic carboxylic acids is 1. The zero-order chi connectivity index (χ0) is 19.7. The van der Waals surface area contributed by atoms with E-state index in [1.807, 2.05) is 66.9 Å². The standard InChI is InChI=1S/C21H16N2O3S2/c1-13-7-9-14(10-8-13)16-11-27-19-18(16)20(26)23(15-5-3-2-4-6-15)21(22-19)28-12-17(24)25/h2-11H,12H2,1H3,(H,24,25). The molecule has 0 radical (unpaired) electrons. The van der Waals surface area contributed by atoms with Gasteiger partial charge in [-0.15, -0.1) is 11.3 Å². The Hall–Kier alpha value is -2.90. The number of carboxylic acid groups (broad SMARTS) is 1. The third-order valence-corrected chi connectivity index (χ3v) is 6.07. The molecule has 140 valence electrons. The van der Waals surface area contributed by atoms with Gasteiger partial charge in [0, 0.05) is 10.9 Å². The number of carbonyl (C=O) groups is 1. The van der Waals surface area contributed by atoms with Gasteiger partial charge in [-0.05, 0) is 24.6 Å². The minimum atomic E-state index is -0.953. The average molecular weight is 409 g/mol. The van der Waals surface area contributed by atoms with E-state index >= 15 is 0 Å². The van der Waals surface area contributed by atoms with E-state index in [0.29, 0.717) is 21.1 Å². The maximum absolute atomic E-state index is 13.5. The molecule has 4 rings (SSSR count). The summed E-state index contributed by atoms with van der Waals surface area (Å²) in [6.45, 7) is 2.02. The number of rotatable bonds is 5. The average Bonchev–Trinajstić information content (AvgIpc) is 3.12. The Morgan fingerprint density at radius 2 is 1.86 bits per heavy atom. The summed E-state index contributed by atoms with van der Waals surface area (Å²) in [6.07, 6.45) is 0. The predicted octanol–water partition coefficient (Wildman–Crippen LogP) is 4.60. The largest absolute Gasteiger partial charge is 0.481 e. The number of carboxylic acids is 1. The molecule has 0 atom stereocenters. The second kappa shape index (κ2) is 7.61. The maximum Gasteiger partial charge on any atom is 0.313 e. The number of benzene rings is 2. The van der Waals surface area contributed by atoms with Crippen LogP contribution in [0.2, 0.25) is 0 Å². The van der Waals surface area contributed by atoms with Crippen LogP contribution < -0.4 is 5.56 Å². The van der Waals surface area contributed by atoms with E-state index in [4.69, 9.17) is 5.11 Å². The van der Waals surface area contributed by atoms with Gasteiger partial charge in [0.25, 0.3) is 5.56 Å². The fourth-order valence-corrected chi connectivity index (χ4v) is 4.67. The molecule has 0 saturated carbocycles. The summed E-state index contributed by atoms with van der Waals surface area (Å²) >= 11 is 2.44. The van der Waals surface area contributed by atoms with Crippen molar-refractivity contribution in [2.45, 2.75) is 12.1 Å². The third kappa shape index (κ3) is 3.46. The Labute approximate surface area is 169 Å². The number of thiophene rings is 1. The van der Waals surface area contributed by atoms with E-state index in [1.165, 1.54) is 15.9 Å². The molecule has 0 aliphatic rings. The first-order chi connectivity index (χ1) is 13.5. The van der Waals surface area contributed by atoms with Crippen molar-refractivity contribution in [1.82, 2.24) is 9.55 Å². The number of hydrogen-bond acceptors (Lipinski definition) is 5. The van der Waals surface area contributed by atoms with Crippen molar-refractivity contribution in [2.24, 2.45) is 0 Å². The van der Waals surface area contributed by atoms with Crippen LogP contribution in [0.15, 0.2) is 69.9 Å². The molecule has 0 saturated heterocycles. The van der Waals surface area contributed by atoms with Crippen LogP contribution in [-0.2, 0) is 4.79 Å². The van der Waals surface area contributed by atoms with E-state index < -0.39 is 5.97 Å². The number of aromatic nitrogens is 2. The monoisotopic (exact) mass is 408 g/mol. The highest BCUT2D eigenvalue weighted by Gasteiger charge is 2.19. The Bertz CT molecular complexity index is 1210. The van der Waals surface area contributed by atoms with Crippen molar-refractivity contribution in [3.63, 3.8) is 0 Å². The Morgan fingerprint density at radius 3 is 2.54 bits per heavy atom. The zero-order valence-electron chi connectivity index (χ0n) is 15.0. The summed E-state index contributed by atoms with van der Waals surface area (Å²) in [5.74, 6) is -1.12. The molecule has 2 heterocycles. The number of para-hydroxylation sites is 1. The summed E-state index contributed by atoms with van der Waals surface area (Å²) in [5, 5.41) is 11.9. The van der Waals surface area contributed by atoms with Crippen molar-refractivity contribution in [3.05, 3.63) is 75.9 Å². The molecule has 0 spiro atoms. The van der Waals surface area contributed by atoms with Crippen LogP contribution in [0.5, 0.6) is 0 Å². The quantitative estimate of drug-likeness (QED) is 0.386. The van der Waals surface area contributed by atoms with Crippen molar-refractivity contribution in [3.8, 4) is 16.8 Å². The fraction of sp³-hybridized carbons (Fsp3) is 0.0952. The van der Waals surface area contributed by atoms with Crippen molar-refractivity contribution >= 4 is 39.3 Å². The normalized spacial score (nSPS) is 11.0. The molecule has 2 aromatic heterocycles. The smallest absolute Gasteiger partial charge is 0.313 e. The van der Waals surface area contributed by atoms with Gasteiger partial charge in [0.2, 0.25) is 0 Å². The topological polar surface area (TPSA) is 72.2 Å². The van der Waals surface area contributed by atoms with E-state index in [0.717, 1.165) is 28.5 Å². The van der Waals surface area contributed by atoms with Crippen LogP contribution in [-0.4, -0.2) is 26.4 Å². The Balaban J connectivity index is 1.97. The summed E-state index contributed by atoms with van der Waals surface area (Å²) in [7, 11) is 0. The SMILES string of the molecule is Cc1ccc(-c2csc3nc(SCC(=O)O)n(-c4ccccc4)c(=O)c23)cc1. The van der Waals surface area contributed by atoms with Crippen LogP contribution in [0.3, 0.4) is 0 Å². The van der Waals surface area contributed by atoms with Crippen LogP contribution in [0, 0.1) is 6.92 Å². The van der Waals surface area contributed by atoms with Gasteiger partial charge in [0.05, 0.1) is 16.8 Å². The van der Waals surface area contributed by atoms with Gasteiger partial charge in [-0.2, -0.15) is 0 Å². The molecular formula is C21H16N2O3S2. The number of thioether (sulfide) groups is 1. The van der Waals surface area contributed by atoms with Gasteiger partial charge in [-0.1, -0.05) is 59.8 Å². The highest BCUT2D eigenvalue weighted by atomic mass is 32.2.